The Hall–Kier alpha value is 0.408. The highest BCUT2D eigenvalue weighted by molar-refractivity contribution is 6.59. The molecule has 1 saturated heterocycles. The third-order valence-corrected chi connectivity index (χ3v) is 8.02. The van der Waals surface area contributed by atoms with Gasteiger partial charge in [-0.1, -0.05) is 6.08 Å². The minimum absolute atomic E-state index is 0.0360. The van der Waals surface area contributed by atoms with Crippen molar-refractivity contribution < 1.29 is 21.6 Å². The molecule has 13 heavy (non-hydrogen) atoms. The van der Waals surface area contributed by atoms with Crippen LogP contribution in [0, 0.1) is 0 Å². The summed E-state index contributed by atoms with van der Waals surface area (Å²) in [4.78, 5) is 0. The van der Waals surface area contributed by atoms with E-state index in [-0.39, 0.29) is 6.23 Å². The number of hydrogen-bond donors (Lipinski definition) is 1. The molecule has 0 unspecified atom stereocenters. The van der Waals surface area contributed by atoms with Crippen LogP contribution >= 0.6 is 0 Å². The average molecular weight is 257 g/mol. The van der Waals surface area contributed by atoms with Crippen LogP contribution in [-0.2, 0) is 16.5 Å². The van der Waals surface area contributed by atoms with Gasteiger partial charge in [0, 0.05) is 0 Å². The first-order valence-electron chi connectivity index (χ1n) is 3.91. The molecule has 0 bridgehead atoms. The molecule has 1 aliphatic heterocycles. The molecule has 1 rings (SSSR count). The van der Waals surface area contributed by atoms with Gasteiger partial charge < -0.3 is 21.6 Å². The van der Waals surface area contributed by atoms with Crippen molar-refractivity contribution in [3.63, 3.8) is 0 Å². The lowest BCUT2D eigenvalue weighted by atomic mass is 10.8. The summed E-state index contributed by atoms with van der Waals surface area (Å²) < 4.78 is 20.6. The lowest BCUT2D eigenvalue weighted by molar-refractivity contribution is 0.274. The fraction of sp³-hybridized carbons (Fsp3) is 0.500. The van der Waals surface area contributed by atoms with E-state index >= 15 is 0 Å². The summed E-state index contributed by atoms with van der Waals surface area (Å²) >= 11 is 0. The summed E-state index contributed by atoms with van der Waals surface area (Å²) in [6, 6.07) is 0. The highest BCUT2D eigenvalue weighted by atomic mass is 28.4. The number of hydrogen-bond acceptors (Lipinski definition) is 5. The molecule has 78 valence electrons. The summed E-state index contributed by atoms with van der Waals surface area (Å²) in [5.41, 5.74) is 0. The fourth-order valence-corrected chi connectivity index (χ4v) is 8.42. The molecule has 0 aromatic carbocycles. The third kappa shape index (κ3) is 8.73. The molecule has 0 aromatic rings. The predicted molar refractivity (Wildman–Crippen MR) is 60.1 cm³/mol. The van der Waals surface area contributed by atoms with Gasteiger partial charge in [-0.25, -0.2) is 0 Å². The topological polar surface area (TPSA) is 57.2 Å². The van der Waals surface area contributed by atoms with E-state index in [1.165, 1.54) is 0 Å². The standard InChI is InChI=1S/C3H6.CH10O5Si4/c1-3-2;2-1-10-5-8-3-7-4-9-6-10/h3H,1H2,2H3;2,10H,1,7-9H2. The maximum atomic E-state index is 8.66. The molecular formula is C4H16O5Si4. The van der Waals surface area contributed by atoms with Crippen LogP contribution in [0.1, 0.15) is 6.92 Å². The van der Waals surface area contributed by atoms with Crippen LogP contribution in [0.3, 0.4) is 0 Å². The summed E-state index contributed by atoms with van der Waals surface area (Å²) in [5, 5.41) is 8.66. The van der Waals surface area contributed by atoms with E-state index in [2.05, 4.69) is 6.58 Å². The van der Waals surface area contributed by atoms with E-state index in [4.69, 9.17) is 21.6 Å². The lowest BCUT2D eigenvalue weighted by Gasteiger charge is -2.18. The zero-order chi connectivity index (χ0) is 9.94. The fourth-order valence-electron chi connectivity index (χ4n) is 0.528. The molecule has 1 fully saturated rings. The maximum Gasteiger partial charge on any atom is 0.329 e. The highest BCUT2D eigenvalue weighted by Crippen LogP contribution is 1.89. The Bertz CT molecular complexity index is 117. The van der Waals surface area contributed by atoms with Crippen molar-refractivity contribution in [1.29, 1.82) is 0 Å². The highest BCUT2D eigenvalue weighted by Gasteiger charge is 2.13. The molecule has 0 aromatic heterocycles. The molecule has 0 amide bonds. The second-order valence-corrected chi connectivity index (χ2v) is 9.98. The van der Waals surface area contributed by atoms with E-state index in [1.807, 2.05) is 6.92 Å². The van der Waals surface area contributed by atoms with E-state index < -0.39 is 39.3 Å². The van der Waals surface area contributed by atoms with Crippen molar-refractivity contribution >= 4 is 39.3 Å². The molecular weight excluding hydrogens is 240 g/mol. The van der Waals surface area contributed by atoms with Crippen molar-refractivity contribution in [1.82, 2.24) is 0 Å². The van der Waals surface area contributed by atoms with Crippen molar-refractivity contribution in [3.05, 3.63) is 12.7 Å². The van der Waals surface area contributed by atoms with Gasteiger partial charge in [0.2, 0.25) is 0 Å². The molecule has 1 N–H and O–H groups in total. The first-order chi connectivity index (χ1) is 6.35. The van der Waals surface area contributed by atoms with Crippen LogP contribution in [0.15, 0.2) is 12.7 Å². The second kappa shape index (κ2) is 10.5. The van der Waals surface area contributed by atoms with Gasteiger partial charge in [0.25, 0.3) is 30.0 Å². The van der Waals surface area contributed by atoms with E-state index in [0.29, 0.717) is 0 Å². The number of aliphatic hydroxyl groups is 1. The van der Waals surface area contributed by atoms with Gasteiger partial charge in [-0.15, -0.1) is 6.58 Å². The lowest BCUT2D eigenvalue weighted by Crippen LogP contribution is -2.36. The van der Waals surface area contributed by atoms with Crippen LogP contribution < -0.4 is 0 Å². The number of rotatable bonds is 1. The van der Waals surface area contributed by atoms with Crippen molar-refractivity contribution in [3.8, 4) is 0 Å². The van der Waals surface area contributed by atoms with Crippen LogP contribution in [-0.4, -0.2) is 50.6 Å². The van der Waals surface area contributed by atoms with Crippen LogP contribution in [0.4, 0.5) is 0 Å². The summed E-state index contributed by atoms with van der Waals surface area (Å²) in [7, 11) is -4.24. The maximum absolute atomic E-state index is 8.66. The third-order valence-electron chi connectivity index (χ3n) is 0.990. The molecule has 0 aliphatic carbocycles. The molecule has 5 nitrogen and oxygen atoms in total. The molecule has 0 atom stereocenters. The molecule has 0 radical (unpaired) electrons. The Morgan fingerprint density at radius 1 is 1.31 bits per heavy atom. The van der Waals surface area contributed by atoms with E-state index in [0.717, 1.165) is 0 Å². The molecule has 0 saturated carbocycles. The Balaban J connectivity index is 0.000000424. The van der Waals surface area contributed by atoms with Gasteiger partial charge >= 0.3 is 9.28 Å². The Morgan fingerprint density at radius 2 is 1.77 bits per heavy atom. The zero-order valence-corrected chi connectivity index (χ0v) is 13.2. The van der Waals surface area contributed by atoms with Crippen LogP contribution in [0.5, 0.6) is 0 Å². The number of allylic oxidation sites excluding steroid dienone is 1. The minimum Gasteiger partial charge on any atom is -0.425 e. The molecule has 1 heterocycles. The van der Waals surface area contributed by atoms with E-state index in [1.54, 1.807) is 6.08 Å². The van der Waals surface area contributed by atoms with Crippen molar-refractivity contribution in [2.45, 2.75) is 6.92 Å². The van der Waals surface area contributed by atoms with Crippen molar-refractivity contribution in [2.24, 2.45) is 0 Å². The number of aliphatic hydroxyl groups excluding tert-OH is 1. The van der Waals surface area contributed by atoms with Crippen LogP contribution in [0.2, 0.25) is 0 Å². The summed E-state index contributed by atoms with van der Waals surface area (Å²) in [5.74, 6) is 0. The van der Waals surface area contributed by atoms with Gasteiger partial charge in [0.1, 0.15) is 0 Å². The molecule has 9 heteroatoms. The smallest absolute Gasteiger partial charge is 0.329 e. The summed E-state index contributed by atoms with van der Waals surface area (Å²) in [6.45, 7) is 5.25. The quantitative estimate of drug-likeness (QED) is 0.400. The SMILES string of the molecule is C=CC.OC[SiH]1O[SiH2]O[SiH2]O[SiH2]O1. The van der Waals surface area contributed by atoms with E-state index in [9.17, 15) is 0 Å². The normalized spacial score (nSPS) is 28.9. The Morgan fingerprint density at radius 3 is 2.15 bits per heavy atom. The summed E-state index contributed by atoms with van der Waals surface area (Å²) in [6.07, 6.45) is 1.79. The van der Waals surface area contributed by atoms with Gasteiger partial charge in [-0.3, -0.25) is 0 Å². The largest absolute Gasteiger partial charge is 0.425 e. The van der Waals surface area contributed by atoms with Gasteiger partial charge in [-0.05, 0) is 6.92 Å². The van der Waals surface area contributed by atoms with Gasteiger partial charge in [0.15, 0.2) is 0 Å². The molecule has 1 aliphatic rings. The first kappa shape index (κ1) is 13.4. The van der Waals surface area contributed by atoms with Gasteiger partial charge in [-0.2, -0.15) is 0 Å². The monoisotopic (exact) mass is 256 g/mol. The average Bonchev–Trinajstić information content (AvgIpc) is 2.05. The van der Waals surface area contributed by atoms with Gasteiger partial charge in [0.05, 0.1) is 6.23 Å². The predicted octanol–water partition coefficient (Wildman–Crippen LogP) is -2.99. The van der Waals surface area contributed by atoms with Crippen molar-refractivity contribution in [2.75, 3.05) is 6.23 Å². The molecule has 0 spiro atoms. The van der Waals surface area contributed by atoms with Crippen LogP contribution in [0.25, 0.3) is 0 Å². The Labute approximate surface area is 87.1 Å². The second-order valence-electron chi connectivity index (χ2n) is 2.12. The Kier molecular flexibility index (Phi) is 10.8. The first-order valence-corrected chi connectivity index (χ1v) is 9.14. The zero-order valence-electron chi connectivity index (χ0n) is 7.77. The minimum atomic E-state index is -1.73.